The number of hydrogen-bond donors (Lipinski definition) is 3. The monoisotopic (exact) mass is 532 g/mol. The molecule has 3 nitrogen and oxygen atoms in total. The van der Waals surface area contributed by atoms with Gasteiger partial charge in [-0.3, -0.25) is 0 Å². The molecule has 206 valence electrons. The lowest BCUT2D eigenvalue weighted by Gasteiger charge is -2.36. The van der Waals surface area contributed by atoms with Crippen LogP contribution >= 0.6 is 0 Å². The molecule has 4 aromatic carbocycles. The fourth-order valence-electron chi connectivity index (χ4n) is 5.91. The summed E-state index contributed by atoms with van der Waals surface area (Å²) in [4.78, 5) is 0. The van der Waals surface area contributed by atoms with Crippen LogP contribution in [0.1, 0.15) is 73.6 Å². The van der Waals surface area contributed by atoms with Gasteiger partial charge in [-0.15, -0.1) is 0 Å². The molecular formula is C37H40O3. The van der Waals surface area contributed by atoms with E-state index in [-0.39, 0.29) is 17.2 Å². The van der Waals surface area contributed by atoms with Crippen LogP contribution in [0.25, 0.3) is 0 Å². The Morgan fingerprint density at radius 3 is 1.50 bits per heavy atom. The first-order valence-electron chi connectivity index (χ1n) is 13.7. The summed E-state index contributed by atoms with van der Waals surface area (Å²) in [5.74, 6) is 0.716. The van der Waals surface area contributed by atoms with Gasteiger partial charge in [-0.1, -0.05) is 92.7 Å². The van der Waals surface area contributed by atoms with E-state index in [0.717, 1.165) is 50.1 Å². The standard InChI is InChI=1S/C37H40O3/c1-24(2)20-26-22-30(38)16-18-32(26)37(7,33-19-17-31(39)23-27(33)21-25(3)4)29-14-12-28(13-15-29)36(5,6)34-10-8-9-11-35(34)40/h8-19,22-23,38-40H,1,3,20-21H2,2,4-7H3. The van der Waals surface area contributed by atoms with E-state index in [9.17, 15) is 15.3 Å². The average molecular weight is 533 g/mol. The molecular weight excluding hydrogens is 492 g/mol. The molecule has 0 unspecified atom stereocenters. The van der Waals surface area contributed by atoms with Crippen molar-refractivity contribution < 1.29 is 15.3 Å². The number of rotatable bonds is 9. The Hall–Kier alpha value is -4.24. The van der Waals surface area contributed by atoms with E-state index in [1.165, 1.54) is 0 Å². The van der Waals surface area contributed by atoms with Gasteiger partial charge in [0.1, 0.15) is 17.2 Å². The summed E-state index contributed by atoms with van der Waals surface area (Å²) >= 11 is 0. The third kappa shape index (κ3) is 5.56. The van der Waals surface area contributed by atoms with Gasteiger partial charge >= 0.3 is 0 Å². The van der Waals surface area contributed by atoms with E-state index >= 15 is 0 Å². The molecule has 0 atom stereocenters. The first-order chi connectivity index (χ1) is 18.8. The topological polar surface area (TPSA) is 60.7 Å². The summed E-state index contributed by atoms with van der Waals surface area (Å²) in [7, 11) is 0. The normalized spacial score (nSPS) is 11.8. The summed E-state index contributed by atoms with van der Waals surface area (Å²) in [5.41, 5.74) is 8.14. The molecule has 0 radical (unpaired) electrons. The summed E-state index contributed by atoms with van der Waals surface area (Å²) in [6.07, 6.45) is 1.26. The summed E-state index contributed by atoms with van der Waals surface area (Å²) < 4.78 is 0. The van der Waals surface area contributed by atoms with Crippen LogP contribution in [0.3, 0.4) is 0 Å². The molecule has 0 saturated carbocycles. The van der Waals surface area contributed by atoms with Crippen molar-refractivity contribution in [2.24, 2.45) is 0 Å². The Labute approximate surface area is 238 Å². The van der Waals surface area contributed by atoms with Crippen molar-refractivity contribution in [2.75, 3.05) is 0 Å². The number of para-hydroxylation sites is 1. The van der Waals surface area contributed by atoms with Crippen LogP contribution in [0.15, 0.2) is 109 Å². The van der Waals surface area contributed by atoms with Crippen LogP contribution in [0.4, 0.5) is 0 Å². The van der Waals surface area contributed by atoms with Crippen LogP contribution in [-0.4, -0.2) is 15.3 Å². The quantitative estimate of drug-likeness (QED) is 0.149. The van der Waals surface area contributed by atoms with Gasteiger partial charge in [-0.05, 0) is 97.3 Å². The number of allylic oxidation sites excluding steroid dienone is 2. The maximum atomic E-state index is 10.6. The van der Waals surface area contributed by atoms with E-state index in [1.807, 2.05) is 56.3 Å². The SMILES string of the molecule is C=C(C)Cc1cc(O)ccc1C(C)(c1ccc(C(C)(C)c2ccccc2O)cc1)c1ccc(O)cc1CC(=C)C. The van der Waals surface area contributed by atoms with Crippen molar-refractivity contribution in [3.8, 4) is 17.2 Å². The van der Waals surface area contributed by atoms with Crippen molar-refractivity contribution in [1.29, 1.82) is 0 Å². The minimum Gasteiger partial charge on any atom is -0.508 e. The average Bonchev–Trinajstić information content (AvgIpc) is 2.88. The first kappa shape index (κ1) is 28.8. The van der Waals surface area contributed by atoms with E-state index < -0.39 is 10.8 Å². The first-order valence-corrected chi connectivity index (χ1v) is 13.7. The molecule has 4 rings (SSSR count). The molecule has 0 heterocycles. The van der Waals surface area contributed by atoms with E-state index in [1.54, 1.807) is 18.2 Å². The fourth-order valence-corrected chi connectivity index (χ4v) is 5.91. The lowest BCUT2D eigenvalue weighted by atomic mass is 9.66. The molecule has 0 saturated heterocycles. The highest BCUT2D eigenvalue weighted by atomic mass is 16.3. The molecule has 40 heavy (non-hydrogen) atoms. The molecule has 0 aliphatic carbocycles. The van der Waals surface area contributed by atoms with Crippen molar-refractivity contribution in [1.82, 2.24) is 0 Å². The molecule has 3 N–H and O–H groups in total. The lowest BCUT2D eigenvalue weighted by molar-refractivity contribution is 0.453. The number of benzene rings is 4. The lowest BCUT2D eigenvalue weighted by Crippen LogP contribution is -2.29. The molecule has 0 aliphatic rings. The second kappa shape index (κ2) is 11.1. The zero-order valence-corrected chi connectivity index (χ0v) is 24.3. The minimum atomic E-state index is -0.617. The van der Waals surface area contributed by atoms with Crippen LogP contribution in [-0.2, 0) is 23.7 Å². The predicted molar refractivity (Wildman–Crippen MR) is 165 cm³/mol. The Bertz CT molecular complexity index is 1490. The molecule has 0 aromatic heterocycles. The highest BCUT2D eigenvalue weighted by Gasteiger charge is 2.36. The predicted octanol–water partition coefficient (Wildman–Crippen LogP) is 8.72. The van der Waals surface area contributed by atoms with Gasteiger partial charge in [-0.2, -0.15) is 0 Å². The highest BCUT2D eigenvalue weighted by molar-refractivity contribution is 5.58. The van der Waals surface area contributed by atoms with Gasteiger partial charge in [-0.25, -0.2) is 0 Å². The van der Waals surface area contributed by atoms with Gasteiger partial charge in [0.25, 0.3) is 0 Å². The second-order valence-corrected chi connectivity index (χ2v) is 11.8. The van der Waals surface area contributed by atoms with Gasteiger partial charge in [0.15, 0.2) is 0 Å². The van der Waals surface area contributed by atoms with E-state index in [0.29, 0.717) is 12.8 Å². The largest absolute Gasteiger partial charge is 0.508 e. The maximum absolute atomic E-state index is 10.6. The third-order valence-corrected chi connectivity index (χ3v) is 8.00. The van der Waals surface area contributed by atoms with Crippen molar-refractivity contribution in [3.05, 3.63) is 148 Å². The summed E-state index contributed by atoms with van der Waals surface area (Å²) in [6, 6.07) is 27.2. The van der Waals surface area contributed by atoms with Gasteiger partial charge in [0, 0.05) is 16.4 Å². The van der Waals surface area contributed by atoms with Crippen LogP contribution in [0, 0.1) is 0 Å². The molecule has 0 amide bonds. The Kier molecular flexibility index (Phi) is 7.98. The van der Waals surface area contributed by atoms with Crippen LogP contribution < -0.4 is 0 Å². The molecule has 0 bridgehead atoms. The van der Waals surface area contributed by atoms with Crippen molar-refractivity contribution in [3.63, 3.8) is 0 Å². The summed E-state index contributed by atoms with van der Waals surface area (Å²) in [6.45, 7) is 18.7. The third-order valence-electron chi connectivity index (χ3n) is 8.00. The Morgan fingerprint density at radius 2 is 1.05 bits per heavy atom. The highest BCUT2D eigenvalue weighted by Crippen LogP contribution is 2.45. The number of aromatic hydroxyl groups is 3. The minimum absolute atomic E-state index is 0.218. The fraction of sp³-hybridized carbons (Fsp3) is 0.243. The smallest absolute Gasteiger partial charge is 0.119 e. The number of hydrogen-bond acceptors (Lipinski definition) is 3. The molecule has 3 heteroatoms. The van der Waals surface area contributed by atoms with Crippen molar-refractivity contribution in [2.45, 2.75) is 58.3 Å². The van der Waals surface area contributed by atoms with Crippen LogP contribution in [0.5, 0.6) is 17.2 Å². The van der Waals surface area contributed by atoms with Crippen LogP contribution in [0.2, 0.25) is 0 Å². The molecule has 0 fully saturated rings. The second-order valence-electron chi connectivity index (χ2n) is 11.8. The Balaban J connectivity index is 1.97. The molecule has 0 aliphatic heterocycles. The summed E-state index contributed by atoms with van der Waals surface area (Å²) in [5, 5.41) is 31.4. The number of phenolic OH excluding ortho intramolecular Hbond substituents is 3. The molecule has 4 aromatic rings. The molecule has 0 spiro atoms. The van der Waals surface area contributed by atoms with E-state index in [2.05, 4.69) is 58.2 Å². The van der Waals surface area contributed by atoms with E-state index in [4.69, 9.17) is 0 Å². The zero-order valence-electron chi connectivity index (χ0n) is 24.3. The van der Waals surface area contributed by atoms with Crippen molar-refractivity contribution >= 4 is 0 Å². The maximum Gasteiger partial charge on any atom is 0.119 e. The van der Waals surface area contributed by atoms with Gasteiger partial charge < -0.3 is 15.3 Å². The van der Waals surface area contributed by atoms with Gasteiger partial charge in [0.05, 0.1) is 0 Å². The number of phenols is 3. The van der Waals surface area contributed by atoms with Gasteiger partial charge in [0.2, 0.25) is 0 Å². The Morgan fingerprint density at radius 1 is 0.600 bits per heavy atom. The zero-order chi connectivity index (χ0) is 29.2.